The Morgan fingerprint density at radius 3 is 2.26 bits per heavy atom. The van der Waals surface area contributed by atoms with Gasteiger partial charge >= 0.3 is 0 Å². The van der Waals surface area contributed by atoms with Crippen LogP contribution in [0.3, 0.4) is 0 Å². The predicted molar refractivity (Wildman–Crippen MR) is 81.3 cm³/mol. The molecule has 3 nitrogen and oxygen atoms in total. The van der Waals surface area contributed by atoms with Gasteiger partial charge in [-0.05, 0) is 49.4 Å². The highest BCUT2D eigenvalue weighted by Gasteiger charge is 2.30. The molecule has 1 heterocycles. The Hall–Kier alpha value is -1.35. The van der Waals surface area contributed by atoms with Crippen molar-refractivity contribution in [1.29, 1.82) is 0 Å². The fraction of sp³-hybridized carbons (Fsp3) is 0.562. The summed E-state index contributed by atoms with van der Waals surface area (Å²) in [5, 5.41) is 0. The summed E-state index contributed by atoms with van der Waals surface area (Å²) in [6.45, 7) is 13.0. The summed E-state index contributed by atoms with van der Waals surface area (Å²) in [7, 11) is 0. The lowest BCUT2D eigenvalue weighted by atomic mass is 9.82. The molecule has 0 aliphatic heterocycles. The van der Waals surface area contributed by atoms with Gasteiger partial charge in [0.2, 0.25) is 0 Å². The molecule has 3 heteroatoms. The highest BCUT2D eigenvalue weighted by molar-refractivity contribution is 5.77. The van der Waals surface area contributed by atoms with Gasteiger partial charge in [0, 0.05) is 6.04 Å². The van der Waals surface area contributed by atoms with Crippen LogP contribution in [-0.2, 0) is 0 Å². The van der Waals surface area contributed by atoms with Crippen molar-refractivity contribution in [1.82, 2.24) is 9.55 Å². The van der Waals surface area contributed by atoms with Crippen molar-refractivity contribution in [2.75, 3.05) is 0 Å². The first-order chi connectivity index (χ1) is 8.71. The van der Waals surface area contributed by atoms with Crippen LogP contribution in [0.1, 0.15) is 44.9 Å². The number of hydrogen-bond donors (Lipinski definition) is 1. The Balaban J connectivity index is 2.64. The molecule has 0 spiro atoms. The molecule has 2 unspecified atom stereocenters. The van der Waals surface area contributed by atoms with Gasteiger partial charge in [0.15, 0.2) is 0 Å². The minimum atomic E-state index is 0.0824. The molecule has 1 aromatic heterocycles. The zero-order chi connectivity index (χ0) is 14.4. The third-order valence-corrected chi connectivity index (χ3v) is 3.88. The number of benzene rings is 1. The van der Waals surface area contributed by atoms with Crippen molar-refractivity contribution in [2.45, 2.75) is 53.6 Å². The van der Waals surface area contributed by atoms with E-state index >= 15 is 0 Å². The highest BCUT2D eigenvalue weighted by Crippen LogP contribution is 2.35. The van der Waals surface area contributed by atoms with Crippen molar-refractivity contribution in [3.63, 3.8) is 0 Å². The lowest BCUT2D eigenvalue weighted by Crippen LogP contribution is -2.37. The van der Waals surface area contributed by atoms with Crippen LogP contribution < -0.4 is 5.73 Å². The Bertz CT molecular complexity index is 588. The molecule has 2 rings (SSSR count). The first-order valence-electron chi connectivity index (χ1n) is 6.91. The zero-order valence-corrected chi connectivity index (χ0v) is 12.9. The standard InChI is InChI=1S/C16H25N3/c1-10-7-13-14(8-11(10)2)19(9-18-13)15(12(3)17)16(4,5)6/h7-9,12,15H,17H2,1-6H3. The number of nitrogens with two attached hydrogens (primary N) is 1. The summed E-state index contributed by atoms with van der Waals surface area (Å²) in [5.41, 5.74) is 11.1. The minimum absolute atomic E-state index is 0.0824. The molecule has 0 bridgehead atoms. The lowest BCUT2D eigenvalue weighted by Gasteiger charge is -2.35. The topological polar surface area (TPSA) is 43.8 Å². The first-order valence-corrected chi connectivity index (χ1v) is 6.91. The van der Waals surface area contributed by atoms with E-state index in [0.29, 0.717) is 0 Å². The molecule has 0 aliphatic rings. The Labute approximate surface area is 115 Å². The summed E-state index contributed by atoms with van der Waals surface area (Å²) in [4.78, 5) is 4.54. The number of aryl methyl sites for hydroxylation is 2. The Kier molecular flexibility index (Phi) is 3.43. The monoisotopic (exact) mass is 259 g/mol. The number of hydrogen-bond acceptors (Lipinski definition) is 2. The van der Waals surface area contributed by atoms with Crippen molar-refractivity contribution >= 4 is 11.0 Å². The maximum absolute atomic E-state index is 6.22. The summed E-state index contributed by atoms with van der Waals surface area (Å²) in [6.07, 6.45) is 1.93. The second-order valence-electron chi connectivity index (χ2n) is 6.75. The minimum Gasteiger partial charge on any atom is -0.326 e. The van der Waals surface area contributed by atoms with Crippen molar-refractivity contribution < 1.29 is 0 Å². The Morgan fingerprint density at radius 1 is 1.16 bits per heavy atom. The summed E-state index contributed by atoms with van der Waals surface area (Å²) >= 11 is 0. The third-order valence-electron chi connectivity index (χ3n) is 3.88. The number of fused-ring (bicyclic) bond motifs is 1. The van der Waals surface area contributed by atoms with E-state index in [0.717, 1.165) is 5.52 Å². The molecule has 0 saturated carbocycles. The number of imidazole rings is 1. The van der Waals surface area contributed by atoms with Gasteiger partial charge in [-0.15, -0.1) is 0 Å². The van der Waals surface area contributed by atoms with Crippen molar-refractivity contribution in [3.8, 4) is 0 Å². The van der Waals surface area contributed by atoms with Crippen LogP contribution in [-0.4, -0.2) is 15.6 Å². The van der Waals surface area contributed by atoms with Gasteiger partial charge in [0.1, 0.15) is 0 Å². The van der Waals surface area contributed by atoms with E-state index in [1.54, 1.807) is 0 Å². The fourth-order valence-electron chi connectivity index (χ4n) is 2.96. The van der Waals surface area contributed by atoms with Crippen LogP contribution in [0.15, 0.2) is 18.5 Å². The molecule has 1 aromatic carbocycles. The molecule has 2 N–H and O–H groups in total. The largest absolute Gasteiger partial charge is 0.326 e. The van der Waals surface area contributed by atoms with E-state index < -0.39 is 0 Å². The van der Waals surface area contributed by atoms with Crippen molar-refractivity contribution in [3.05, 3.63) is 29.6 Å². The van der Waals surface area contributed by atoms with Gasteiger partial charge in [0.05, 0.1) is 23.4 Å². The SMILES string of the molecule is Cc1cc2ncn(C(C(C)N)C(C)(C)C)c2cc1C. The van der Waals surface area contributed by atoms with Gasteiger partial charge in [-0.3, -0.25) is 0 Å². The van der Waals surface area contributed by atoms with Crippen LogP contribution >= 0.6 is 0 Å². The van der Waals surface area contributed by atoms with Gasteiger partial charge in [-0.2, -0.15) is 0 Å². The molecule has 0 fully saturated rings. The van der Waals surface area contributed by atoms with Gasteiger partial charge in [-0.1, -0.05) is 20.8 Å². The Morgan fingerprint density at radius 2 is 1.74 bits per heavy atom. The molecular formula is C16H25N3. The molecular weight excluding hydrogens is 234 g/mol. The second-order valence-corrected chi connectivity index (χ2v) is 6.75. The molecule has 104 valence electrons. The summed E-state index contributed by atoms with van der Waals surface area (Å²) in [5.74, 6) is 0. The van der Waals surface area contributed by atoms with E-state index in [1.807, 2.05) is 6.33 Å². The molecule has 0 aliphatic carbocycles. The molecule has 0 radical (unpaired) electrons. The lowest BCUT2D eigenvalue weighted by molar-refractivity contribution is 0.217. The highest BCUT2D eigenvalue weighted by atomic mass is 15.1. The molecule has 0 amide bonds. The molecule has 19 heavy (non-hydrogen) atoms. The van der Waals surface area contributed by atoms with E-state index in [-0.39, 0.29) is 17.5 Å². The van der Waals surface area contributed by atoms with Crippen LogP contribution in [0, 0.1) is 19.3 Å². The molecule has 2 atom stereocenters. The maximum Gasteiger partial charge on any atom is 0.0961 e. The summed E-state index contributed by atoms with van der Waals surface area (Å²) < 4.78 is 2.24. The zero-order valence-electron chi connectivity index (χ0n) is 12.9. The van der Waals surface area contributed by atoms with E-state index in [9.17, 15) is 0 Å². The molecule has 0 saturated heterocycles. The smallest absolute Gasteiger partial charge is 0.0961 e. The van der Waals surface area contributed by atoms with Gasteiger partial charge in [0.25, 0.3) is 0 Å². The van der Waals surface area contributed by atoms with E-state index in [4.69, 9.17) is 5.73 Å². The van der Waals surface area contributed by atoms with Crippen LogP contribution in [0.5, 0.6) is 0 Å². The third kappa shape index (κ3) is 2.52. The number of aromatic nitrogens is 2. The average molecular weight is 259 g/mol. The van der Waals surface area contributed by atoms with Gasteiger partial charge < -0.3 is 10.3 Å². The van der Waals surface area contributed by atoms with Crippen LogP contribution in [0.25, 0.3) is 11.0 Å². The first kappa shape index (κ1) is 14.1. The normalized spacial score (nSPS) is 15.7. The number of rotatable bonds is 2. The van der Waals surface area contributed by atoms with Crippen LogP contribution in [0.4, 0.5) is 0 Å². The van der Waals surface area contributed by atoms with Crippen molar-refractivity contribution in [2.24, 2.45) is 11.1 Å². The second kappa shape index (κ2) is 4.64. The molecule has 2 aromatic rings. The quantitative estimate of drug-likeness (QED) is 0.895. The van der Waals surface area contributed by atoms with E-state index in [2.05, 4.69) is 63.2 Å². The van der Waals surface area contributed by atoms with Crippen LogP contribution in [0.2, 0.25) is 0 Å². The average Bonchev–Trinajstić information content (AvgIpc) is 2.60. The van der Waals surface area contributed by atoms with E-state index in [1.165, 1.54) is 16.6 Å². The number of nitrogens with zero attached hydrogens (tertiary/aromatic N) is 2. The van der Waals surface area contributed by atoms with Gasteiger partial charge in [-0.25, -0.2) is 4.98 Å². The predicted octanol–water partition coefficient (Wildman–Crippen LogP) is 3.59. The maximum atomic E-state index is 6.22. The summed E-state index contributed by atoms with van der Waals surface area (Å²) in [6, 6.07) is 4.69. The fourth-order valence-corrected chi connectivity index (χ4v) is 2.96.